The van der Waals surface area contributed by atoms with E-state index >= 15 is 0 Å². The zero-order chi connectivity index (χ0) is 14.3. The van der Waals surface area contributed by atoms with Crippen LogP contribution in [0.25, 0.3) is 0 Å². The molecule has 1 aromatic heterocycles. The van der Waals surface area contributed by atoms with Gasteiger partial charge in [0.2, 0.25) is 0 Å². The van der Waals surface area contributed by atoms with Crippen LogP contribution in [0.15, 0.2) is 0 Å². The molecule has 0 fully saturated rings. The quantitative estimate of drug-likeness (QED) is 0.605. The Hall–Kier alpha value is -2.03. The van der Waals surface area contributed by atoms with Crippen molar-refractivity contribution in [3.8, 4) is 0 Å². The third-order valence-electron chi connectivity index (χ3n) is 2.54. The molecule has 0 aromatic carbocycles. The van der Waals surface area contributed by atoms with Crippen molar-refractivity contribution in [2.45, 2.75) is 31.8 Å². The molecule has 0 aliphatic heterocycles. The van der Waals surface area contributed by atoms with Crippen molar-refractivity contribution in [2.75, 3.05) is 14.2 Å². The molecule has 0 radical (unpaired) electrons. The molecule has 9 nitrogen and oxygen atoms in total. The first kappa shape index (κ1) is 15.0. The van der Waals surface area contributed by atoms with Gasteiger partial charge in [0.1, 0.15) is 6.04 Å². The number of nitrogens with zero attached hydrogens (tertiary/aromatic N) is 4. The average molecular weight is 271 g/mol. The van der Waals surface area contributed by atoms with Crippen molar-refractivity contribution in [2.24, 2.45) is 5.73 Å². The van der Waals surface area contributed by atoms with E-state index in [1.807, 2.05) is 0 Å². The summed E-state index contributed by atoms with van der Waals surface area (Å²) >= 11 is 0. The first-order valence-electron chi connectivity index (χ1n) is 5.73. The first-order valence-corrected chi connectivity index (χ1v) is 5.73. The lowest BCUT2D eigenvalue weighted by atomic mass is 10.1. The van der Waals surface area contributed by atoms with Crippen LogP contribution in [0.3, 0.4) is 0 Å². The van der Waals surface area contributed by atoms with Gasteiger partial charge in [0, 0.05) is 6.42 Å². The molecule has 0 aliphatic carbocycles. The molecule has 19 heavy (non-hydrogen) atoms. The molecule has 2 N–H and O–H groups in total. The summed E-state index contributed by atoms with van der Waals surface area (Å²) in [4.78, 5) is 22.2. The highest BCUT2D eigenvalue weighted by molar-refractivity contribution is 5.75. The van der Waals surface area contributed by atoms with Gasteiger partial charge < -0.3 is 15.2 Å². The minimum Gasteiger partial charge on any atom is -0.469 e. The van der Waals surface area contributed by atoms with E-state index in [9.17, 15) is 9.59 Å². The van der Waals surface area contributed by atoms with Gasteiger partial charge in [-0.1, -0.05) is 0 Å². The topological polar surface area (TPSA) is 122 Å². The predicted molar refractivity (Wildman–Crippen MR) is 62.8 cm³/mol. The second-order valence-corrected chi connectivity index (χ2v) is 3.81. The first-order chi connectivity index (χ1) is 9.08. The molecule has 9 heteroatoms. The number of rotatable bonds is 7. The molecule has 1 rings (SSSR count). The molecule has 1 aromatic rings. The van der Waals surface area contributed by atoms with E-state index in [-0.39, 0.29) is 12.4 Å². The van der Waals surface area contributed by atoms with Crippen LogP contribution in [0.5, 0.6) is 0 Å². The molecule has 0 amide bonds. The molecule has 106 valence electrons. The number of methoxy groups -OCH3 is 2. The van der Waals surface area contributed by atoms with Gasteiger partial charge in [-0.05, 0) is 16.8 Å². The zero-order valence-electron chi connectivity index (χ0n) is 10.9. The Bertz CT molecular complexity index is 433. The molecule has 0 saturated heterocycles. The number of esters is 2. The van der Waals surface area contributed by atoms with Crippen molar-refractivity contribution in [1.82, 2.24) is 20.2 Å². The van der Waals surface area contributed by atoms with Crippen molar-refractivity contribution >= 4 is 11.9 Å². The Balaban J connectivity index is 2.48. The number of ether oxygens (including phenoxy) is 2. The Kier molecular flexibility index (Phi) is 5.86. The van der Waals surface area contributed by atoms with E-state index in [1.165, 1.54) is 18.9 Å². The number of nitrogens with two attached hydrogens (primary N) is 1. The van der Waals surface area contributed by atoms with Crippen molar-refractivity contribution in [3.05, 3.63) is 5.82 Å². The molecule has 1 atom stereocenters. The van der Waals surface area contributed by atoms with Gasteiger partial charge >= 0.3 is 11.9 Å². The minimum absolute atomic E-state index is 0.178. The van der Waals surface area contributed by atoms with Gasteiger partial charge in [-0.3, -0.25) is 9.59 Å². The lowest BCUT2D eigenvalue weighted by Gasteiger charge is -2.08. The highest BCUT2D eigenvalue weighted by atomic mass is 16.5. The van der Waals surface area contributed by atoms with Crippen LogP contribution in [0, 0.1) is 0 Å². The summed E-state index contributed by atoms with van der Waals surface area (Å²) in [5, 5.41) is 11.1. The number of aromatic nitrogens is 4. The lowest BCUT2D eigenvalue weighted by molar-refractivity contribution is -0.142. The van der Waals surface area contributed by atoms with Gasteiger partial charge in [-0.25, -0.2) is 4.68 Å². The fourth-order valence-corrected chi connectivity index (χ4v) is 1.43. The van der Waals surface area contributed by atoms with Gasteiger partial charge in [0.25, 0.3) is 0 Å². The zero-order valence-corrected chi connectivity index (χ0v) is 10.9. The van der Waals surface area contributed by atoms with Crippen LogP contribution in [0.4, 0.5) is 0 Å². The molecular weight excluding hydrogens is 254 g/mol. The van der Waals surface area contributed by atoms with Crippen molar-refractivity contribution in [3.63, 3.8) is 0 Å². The van der Waals surface area contributed by atoms with E-state index in [2.05, 4.69) is 25.0 Å². The fraction of sp³-hybridized carbons (Fsp3) is 0.700. The smallest absolute Gasteiger partial charge is 0.322 e. The Labute approximate surface area is 110 Å². The fourth-order valence-electron chi connectivity index (χ4n) is 1.43. The van der Waals surface area contributed by atoms with Crippen LogP contribution in [-0.2, 0) is 32.0 Å². The molecule has 0 unspecified atom stereocenters. The monoisotopic (exact) mass is 271 g/mol. The standard InChI is InChI=1S/C10H17N5O4/c1-18-9(16)5-6-15-8(12-13-14-15)4-3-7(11)10(17)19-2/h7H,3-6,11H2,1-2H3/t7-/m0/s1. The summed E-state index contributed by atoms with van der Waals surface area (Å²) in [6.45, 7) is 0.322. The average Bonchev–Trinajstić information content (AvgIpc) is 2.88. The molecule has 0 saturated carbocycles. The second-order valence-electron chi connectivity index (χ2n) is 3.81. The van der Waals surface area contributed by atoms with Gasteiger partial charge in [0.15, 0.2) is 5.82 Å². The van der Waals surface area contributed by atoms with E-state index in [0.29, 0.717) is 25.2 Å². The van der Waals surface area contributed by atoms with Crippen LogP contribution in [0.1, 0.15) is 18.7 Å². The van der Waals surface area contributed by atoms with E-state index < -0.39 is 12.0 Å². The van der Waals surface area contributed by atoms with Crippen LogP contribution in [-0.4, -0.2) is 52.4 Å². The number of hydrogen-bond donors (Lipinski definition) is 1. The number of carbonyl (C=O) groups excluding carboxylic acids is 2. The number of carbonyl (C=O) groups is 2. The molecule has 0 aliphatic rings. The van der Waals surface area contributed by atoms with Gasteiger partial charge in [-0.15, -0.1) is 5.10 Å². The predicted octanol–water partition coefficient (Wildman–Crippen LogP) is -1.33. The van der Waals surface area contributed by atoms with Crippen molar-refractivity contribution in [1.29, 1.82) is 0 Å². The largest absolute Gasteiger partial charge is 0.469 e. The van der Waals surface area contributed by atoms with Gasteiger partial charge in [-0.2, -0.15) is 0 Å². The maximum atomic E-state index is 11.1. The maximum absolute atomic E-state index is 11.1. The summed E-state index contributed by atoms with van der Waals surface area (Å²) in [6, 6.07) is -0.712. The minimum atomic E-state index is -0.712. The molecular formula is C10H17N5O4. The molecule has 1 heterocycles. The van der Waals surface area contributed by atoms with Crippen molar-refractivity contribution < 1.29 is 19.1 Å². The van der Waals surface area contributed by atoms with E-state index in [4.69, 9.17) is 5.73 Å². The van der Waals surface area contributed by atoms with Gasteiger partial charge in [0.05, 0.1) is 27.2 Å². The summed E-state index contributed by atoms with van der Waals surface area (Å²) in [7, 11) is 2.60. The number of hydrogen-bond acceptors (Lipinski definition) is 8. The van der Waals surface area contributed by atoms with Crippen LogP contribution < -0.4 is 5.73 Å². The molecule has 0 bridgehead atoms. The molecule has 0 spiro atoms. The Morgan fingerprint density at radius 2 is 2.11 bits per heavy atom. The van der Waals surface area contributed by atoms with Crippen LogP contribution >= 0.6 is 0 Å². The van der Waals surface area contributed by atoms with E-state index in [0.717, 1.165) is 0 Å². The lowest BCUT2D eigenvalue weighted by Crippen LogP contribution is -2.32. The Morgan fingerprint density at radius 3 is 2.74 bits per heavy atom. The van der Waals surface area contributed by atoms with Crippen LogP contribution in [0.2, 0.25) is 0 Å². The highest BCUT2D eigenvalue weighted by Crippen LogP contribution is 2.02. The SMILES string of the molecule is COC(=O)CCn1nnnc1CC[C@H](N)C(=O)OC. The Morgan fingerprint density at radius 1 is 1.37 bits per heavy atom. The summed E-state index contributed by atoms with van der Waals surface area (Å²) in [5.74, 6) is -0.260. The third-order valence-corrected chi connectivity index (χ3v) is 2.54. The summed E-state index contributed by atoms with van der Waals surface area (Å²) < 4.78 is 10.5. The second kappa shape index (κ2) is 7.41. The number of aryl methyl sites for hydroxylation is 2. The summed E-state index contributed by atoms with van der Waals surface area (Å²) in [6.07, 6.45) is 0.966. The summed E-state index contributed by atoms with van der Waals surface area (Å²) in [5.41, 5.74) is 5.61. The third kappa shape index (κ3) is 4.62. The normalized spacial score (nSPS) is 11.9. The maximum Gasteiger partial charge on any atom is 0.322 e. The van der Waals surface area contributed by atoms with E-state index in [1.54, 1.807) is 0 Å². The highest BCUT2D eigenvalue weighted by Gasteiger charge is 2.16. The number of tetrazole rings is 1.